The van der Waals surface area contributed by atoms with Gasteiger partial charge in [-0.2, -0.15) is 0 Å². The van der Waals surface area contributed by atoms with Crippen LogP contribution in [0.4, 0.5) is 0 Å². The first-order valence-corrected chi connectivity index (χ1v) is 6.04. The minimum absolute atomic E-state index is 0.268. The summed E-state index contributed by atoms with van der Waals surface area (Å²) in [5, 5.41) is 24.1. The highest BCUT2D eigenvalue weighted by Gasteiger charge is 2.09. The number of aliphatic carboxylic acids is 1. The number of nitrogens with two attached hydrogens (primary N) is 1. The molecule has 0 saturated carbocycles. The van der Waals surface area contributed by atoms with Gasteiger partial charge in [0.25, 0.3) is 0 Å². The maximum Gasteiger partial charge on any atom is 0.341 e. The van der Waals surface area contributed by atoms with E-state index >= 15 is 0 Å². The Morgan fingerprint density at radius 3 is 2.10 bits per heavy atom. The van der Waals surface area contributed by atoms with Gasteiger partial charge in [0.15, 0.2) is 6.61 Å². The van der Waals surface area contributed by atoms with Crippen LogP contribution in [-0.4, -0.2) is 30.2 Å². The lowest BCUT2D eigenvalue weighted by molar-refractivity contribution is -0.221. The smallest absolute Gasteiger partial charge is 0.341 e. The van der Waals surface area contributed by atoms with Crippen LogP contribution >= 0.6 is 0 Å². The first kappa shape index (κ1) is 14.4. The molecular formula is C14H13N2O5-. The van der Waals surface area contributed by atoms with E-state index in [1.54, 1.807) is 36.4 Å². The van der Waals surface area contributed by atoms with Gasteiger partial charge in [0, 0.05) is 16.7 Å². The molecule has 0 fully saturated rings. The largest absolute Gasteiger partial charge is 0.858 e. The monoisotopic (exact) mass is 289 g/mol. The first-order chi connectivity index (χ1) is 10.1. The minimum Gasteiger partial charge on any atom is -0.858 e. The number of carboxylic acid groups (broad SMARTS) is 1. The second-order valence-electron chi connectivity index (χ2n) is 4.10. The fourth-order valence-electron chi connectivity index (χ4n) is 1.81. The molecule has 0 unspecified atom stereocenters. The summed E-state index contributed by atoms with van der Waals surface area (Å²) in [5.74, 6) is 4.11. The molecule has 0 aliphatic rings. The molecule has 0 bridgehead atoms. The Bertz CT molecular complexity index is 684. The number of benzene rings is 2. The number of fused-ring (bicyclic) bond motifs is 1. The number of hydrogen-bond acceptors (Lipinski definition) is 6. The first-order valence-electron chi connectivity index (χ1n) is 6.04. The summed E-state index contributed by atoms with van der Waals surface area (Å²) in [6.45, 7) is -0.704. The summed E-state index contributed by atoms with van der Waals surface area (Å²) >= 11 is 0. The Morgan fingerprint density at radius 2 is 1.62 bits per heavy atom. The summed E-state index contributed by atoms with van der Waals surface area (Å²) < 4.78 is 10.6. The topological polar surface area (TPSA) is 117 Å². The average molecular weight is 289 g/mol. The van der Waals surface area contributed by atoms with Crippen LogP contribution in [0.5, 0.6) is 11.5 Å². The number of hydrazone groups is 1. The standard InChI is InChI=1S/C14H14N2O5/c15-16-13(17)7-20-11-5-6-12(21-8-14(18)19)10-4-2-1-3-9(10)11/h1-6H,7-8,15H2,(H,16,17)(H,18,19)/p-1. The zero-order valence-corrected chi connectivity index (χ0v) is 11.0. The highest BCUT2D eigenvalue weighted by Crippen LogP contribution is 2.33. The van der Waals surface area contributed by atoms with Crippen molar-refractivity contribution in [1.29, 1.82) is 0 Å². The average Bonchev–Trinajstić information content (AvgIpc) is 2.50. The Labute approximate surface area is 120 Å². The van der Waals surface area contributed by atoms with Gasteiger partial charge in [0.05, 0.1) is 0 Å². The molecule has 2 aromatic carbocycles. The maximum absolute atomic E-state index is 11.1. The lowest BCUT2D eigenvalue weighted by Crippen LogP contribution is -2.26. The SMILES string of the molecule is NN=C([O-])COc1ccc(OCC(=O)O)c2ccccc12. The Balaban J connectivity index is 2.32. The van der Waals surface area contributed by atoms with E-state index in [1.807, 2.05) is 0 Å². The van der Waals surface area contributed by atoms with Crippen molar-refractivity contribution in [2.75, 3.05) is 13.2 Å². The van der Waals surface area contributed by atoms with Crippen LogP contribution in [0.25, 0.3) is 10.8 Å². The molecule has 0 radical (unpaired) electrons. The number of rotatable bonds is 6. The van der Waals surface area contributed by atoms with Crippen molar-refractivity contribution >= 4 is 22.6 Å². The fourth-order valence-corrected chi connectivity index (χ4v) is 1.81. The van der Waals surface area contributed by atoms with E-state index in [0.29, 0.717) is 22.3 Å². The van der Waals surface area contributed by atoms with Gasteiger partial charge in [-0.3, -0.25) is 0 Å². The number of carbonyl (C=O) groups is 1. The van der Waals surface area contributed by atoms with Gasteiger partial charge in [-0.1, -0.05) is 24.3 Å². The van der Waals surface area contributed by atoms with Gasteiger partial charge in [-0.05, 0) is 12.1 Å². The van der Waals surface area contributed by atoms with Crippen LogP contribution in [0.15, 0.2) is 41.5 Å². The number of ether oxygens (including phenoxy) is 2. The summed E-state index contributed by atoms with van der Waals surface area (Å²) in [4.78, 5) is 10.6. The summed E-state index contributed by atoms with van der Waals surface area (Å²) in [7, 11) is 0. The third-order valence-corrected chi connectivity index (χ3v) is 2.69. The van der Waals surface area contributed by atoms with E-state index < -0.39 is 18.5 Å². The van der Waals surface area contributed by atoms with Crippen molar-refractivity contribution in [3.8, 4) is 11.5 Å². The molecule has 7 heteroatoms. The molecule has 3 N–H and O–H groups in total. The second-order valence-corrected chi connectivity index (χ2v) is 4.10. The minimum atomic E-state index is -1.06. The van der Waals surface area contributed by atoms with Gasteiger partial charge in [-0.15, -0.1) is 0 Å². The molecule has 2 rings (SSSR count). The third kappa shape index (κ3) is 3.53. The predicted molar refractivity (Wildman–Crippen MR) is 74.2 cm³/mol. The van der Waals surface area contributed by atoms with E-state index in [4.69, 9.17) is 20.4 Å². The summed E-state index contributed by atoms with van der Waals surface area (Å²) in [5.41, 5.74) is 0. The molecule has 0 aliphatic carbocycles. The van der Waals surface area contributed by atoms with E-state index in [0.717, 1.165) is 0 Å². The molecule has 0 aliphatic heterocycles. The highest BCUT2D eigenvalue weighted by atomic mass is 16.5. The highest BCUT2D eigenvalue weighted by molar-refractivity contribution is 5.93. The van der Waals surface area contributed by atoms with Gasteiger partial charge in [0.1, 0.15) is 18.1 Å². The Kier molecular flexibility index (Phi) is 4.45. The third-order valence-electron chi connectivity index (χ3n) is 2.69. The van der Waals surface area contributed by atoms with E-state index in [-0.39, 0.29) is 6.61 Å². The van der Waals surface area contributed by atoms with Gasteiger partial charge in [0.2, 0.25) is 0 Å². The van der Waals surface area contributed by atoms with Crippen LogP contribution in [0, 0.1) is 0 Å². The Hall–Kier alpha value is -2.96. The normalized spacial score (nSPS) is 11.3. The molecule has 0 amide bonds. The van der Waals surface area contributed by atoms with E-state index in [1.165, 1.54) is 0 Å². The van der Waals surface area contributed by atoms with Crippen LogP contribution < -0.4 is 20.4 Å². The quantitative estimate of drug-likeness (QED) is 0.342. The van der Waals surface area contributed by atoms with Crippen molar-refractivity contribution < 1.29 is 24.5 Å². The summed E-state index contributed by atoms with van der Waals surface area (Å²) in [6, 6.07) is 10.3. The maximum atomic E-state index is 11.1. The zero-order chi connectivity index (χ0) is 15.2. The van der Waals surface area contributed by atoms with Crippen molar-refractivity contribution in [3.05, 3.63) is 36.4 Å². The lowest BCUT2D eigenvalue weighted by atomic mass is 10.1. The number of carboxylic acids is 1. The molecule has 0 aromatic heterocycles. The number of nitrogens with zero attached hydrogens (tertiary/aromatic N) is 1. The van der Waals surface area contributed by atoms with Crippen molar-refractivity contribution in [2.24, 2.45) is 10.9 Å². The lowest BCUT2D eigenvalue weighted by Gasteiger charge is -2.14. The van der Waals surface area contributed by atoms with E-state index in [9.17, 15) is 9.90 Å². The van der Waals surface area contributed by atoms with Crippen molar-refractivity contribution in [2.45, 2.75) is 0 Å². The molecular weight excluding hydrogens is 276 g/mol. The molecule has 110 valence electrons. The van der Waals surface area contributed by atoms with Crippen LogP contribution in [0.2, 0.25) is 0 Å². The van der Waals surface area contributed by atoms with Crippen molar-refractivity contribution in [3.63, 3.8) is 0 Å². The van der Waals surface area contributed by atoms with Crippen LogP contribution in [-0.2, 0) is 4.79 Å². The number of hydrogen-bond donors (Lipinski definition) is 2. The molecule has 0 saturated heterocycles. The molecule has 7 nitrogen and oxygen atoms in total. The second kappa shape index (κ2) is 6.47. The molecule has 21 heavy (non-hydrogen) atoms. The van der Waals surface area contributed by atoms with Crippen LogP contribution in [0.1, 0.15) is 0 Å². The predicted octanol–water partition coefficient (Wildman–Crippen LogP) is 0.315. The molecule has 0 heterocycles. The van der Waals surface area contributed by atoms with Gasteiger partial charge < -0.3 is 25.5 Å². The Morgan fingerprint density at radius 1 is 1.10 bits per heavy atom. The van der Waals surface area contributed by atoms with Gasteiger partial charge in [-0.25, -0.2) is 9.90 Å². The zero-order valence-electron chi connectivity index (χ0n) is 11.0. The molecule has 2 aromatic rings. The summed E-state index contributed by atoms with van der Waals surface area (Å²) in [6.07, 6.45) is 0. The van der Waals surface area contributed by atoms with Crippen LogP contribution in [0.3, 0.4) is 0 Å². The van der Waals surface area contributed by atoms with E-state index in [2.05, 4.69) is 5.10 Å². The van der Waals surface area contributed by atoms with Crippen molar-refractivity contribution in [1.82, 2.24) is 0 Å². The molecule has 0 atom stereocenters. The van der Waals surface area contributed by atoms with Gasteiger partial charge >= 0.3 is 5.97 Å². The fraction of sp³-hybridized carbons (Fsp3) is 0.143. The molecule has 0 spiro atoms.